The van der Waals surface area contributed by atoms with Crippen LogP contribution in [0.4, 0.5) is 17.1 Å². The Morgan fingerprint density at radius 3 is 2.11 bits per heavy atom. The van der Waals surface area contributed by atoms with E-state index in [2.05, 4.69) is 269 Å². The Kier molecular flexibility index (Phi) is 8.94. The van der Waals surface area contributed by atoms with Crippen LogP contribution in [-0.4, -0.2) is 5.60 Å². The molecule has 79 heavy (non-hydrogen) atoms. The molecule has 1 aromatic heterocycles. The lowest BCUT2D eigenvalue weighted by molar-refractivity contribution is 0.246. The van der Waals surface area contributed by atoms with Gasteiger partial charge in [0.05, 0.1) is 11.1 Å². The number of fused-ring (bicyclic) bond motifs is 12. The number of benzene rings is 10. The molecule has 2 atom stereocenters. The first kappa shape index (κ1) is 44.9. The maximum absolute atomic E-state index is 7.34. The molecular weight excluding hydrogens is 959 g/mol. The number of allylic oxidation sites excluding steroid dienone is 5. The van der Waals surface area contributed by atoms with Crippen molar-refractivity contribution < 1.29 is 9.15 Å². The molecule has 0 N–H and O–H groups in total. The van der Waals surface area contributed by atoms with Gasteiger partial charge in [-0.1, -0.05) is 198 Å². The molecule has 17 rings (SSSR count). The molecule has 376 valence electrons. The third-order valence-corrected chi connectivity index (χ3v) is 19.1. The molecule has 3 heteroatoms. The number of ether oxygens (including phenoxy) is 1. The number of hydrogen-bond donors (Lipinski definition) is 0. The Labute approximate surface area is 460 Å². The third-order valence-electron chi connectivity index (χ3n) is 19.1. The highest BCUT2D eigenvalue weighted by Crippen LogP contribution is 2.80. The van der Waals surface area contributed by atoms with Crippen molar-refractivity contribution in [1.29, 1.82) is 0 Å². The van der Waals surface area contributed by atoms with Gasteiger partial charge in [0.15, 0.2) is 0 Å². The number of para-hydroxylation sites is 3. The Balaban J connectivity index is 0.855. The van der Waals surface area contributed by atoms with E-state index in [1.54, 1.807) is 0 Å². The van der Waals surface area contributed by atoms with Crippen molar-refractivity contribution in [3.63, 3.8) is 0 Å². The van der Waals surface area contributed by atoms with Gasteiger partial charge in [0.25, 0.3) is 0 Å². The molecule has 1 fully saturated rings. The average molecular weight is 1010 g/mol. The zero-order chi connectivity index (χ0) is 52.6. The van der Waals surface area contributed by atoms with E-state index in [1.165, 1.54) is 99.6 Å². The largest absolute Gasteiger partial charge is 0.481 e. The van der Waals surface area contributed by atoms with Crippen molar-refractivity contribution in [2.24, 2.45) is 0 Å². The highest BCUT2D eigenvalue weighted by molar-refractivity contribution is 6.19. The van der Waals surface area contributed by atoms with Gasteiger partial charge < -0.3 is 14.1 Å². The monoisotopic (exact) mass is 1010 g/mol. The van der Waals surface area contributed by atoms with Crippen LogP contribution in [0.2, 0.25) is 0 Å². The van der Waals surface area contributed by atoms with E-state index < -0.39 is 5.60 Å². The molecule has 0 saturated heterocycles. The quantitative estimate of drug-likeness (QED) is 0.166. The molecule has 5 aliphatic carbocycles. The molecule has 11 aromatic rings. The van der Waals surface area contributed by atoms with Crippen LogP contribution in [0.5, 0.6) is 5.75 Å². The minimum absolute atomic E-state index is 0.294. The molecule has 0 amide bonds. The van der Waals surface area contributed by atoms with E-state index in [0.717, 1.165) is 63.3 Å². The predicted molar refractivity (Wildman–Crippen MR) is 327 cm³/mol. The summed E-state index contributed by atoms with van der Waals surface area (Å²) in [5.41, 5.74) is 25.5. The maximum Gasteiger partial charge on any atom is 0.150 e. The van der Waals surface area contributed by atoms with Gasteiger partial charge in [-0.05, 0) is 156 Å². The maximum atomic E-state index is 7.34. The standard InChI is InChI=1S/C76H55NO2/c1-73(2)62-41-53(35-37-56(62)69-64(73)43-59(51-33-31-47-20-11-12-24-49(47)39-51)72-70(69)58-26-14-17-29-67(58)78-72)77(66-28-16-13-25-55(66)48-21-8-6-9-22-48)54-36-38-57-63(42-54)74(3,4)65-44-61(52-34-32-46-19-7-5-10-23-50(46)40-52)76-45-75(76,71(57)65)60-27-15-18-30-68(60)79-76/h5-18,20-44H,19,45H2,1-4H3. The number of nitrogens with zero attached hydrogens (tertiary/aromatic N) is 1. The van der Waals surface area contributed by atoms with Crippen LogP contribution >= 0.6 is 0 Å². The van der Waals surface area contributed by atoms with E-state index in [-0.39, 0.29) is 16.2 Å². The molecule has 2 heterocycles. The van der Waals surface area contributed by atoms with Crippen LogP contribution in [-0.2, 0) is 22.7 Å². The summed E-state index contributed by atoms with van der Waals surface area (Å²) >= 11 is 0. The Morgan fingerprint density at radius 2 is 1.24 bits per heavy atom. The summed E-state index contributed by atoms with van der Waals surface area (Å²) in [5, 5.41) is 4.77. The van der Waals surface area contributed by atoms with Crippen molar-refractivity contribution in [2.75, 3.05) is 4.90 Å². The summed E-state index contributed by atoms with van der Waals surface area (Å²) < 4.78 is 14.3. The predicted octanol–water partition coefficient (Wildman–Crippen LogP) is 19.6. The first-order valence-electron chi connectivity index (χ1n) is 28.1. The highest BCUT2D eigenvalue weighted by atomic mass is 16.5. The molecular formula is C76H55NO2. The first-order chi connectivity index (χ1) is 38.6. The van der Waals surface area contributed by atoms with Crippen molar-refractivity contribution in [1.82, 2.24) is 0 Å². The van der Waals surface area contributed by atoms with Gasteiger partial charge >= 0.3 is 0 Å². The van der Waals surface area contributed by atoms with Crippen LogP contribution in [0.15, 0.2) is 241 Å². The van der Waals surface area contributed by atoms with Crippen molar-refractivity contribution >= 4 is 67.0 Å². The molecule has 0 spiro atoms. The molecule has 2 unspecified atom stereocenters. The number of anilines is 3. The highest BCUT2D eigenvalue weighted by Gasteiger charge is 2.81. The van der Waals surface area contributed by atoms with Gasteiger partial charge in [-0.2, -0.15) is 0 Å². The fourth-order valence-corrected chi connectivity index (χ4v) is 15.3. The van der Waals surface area contributed by atoms with E-state index >= 15 is 0 Å². The van der Waals surface area contributed by atoms with Crippen LogP contribution in [0.3, 0.4) is 0 Å². The minimum atomic E-state index is -0.479. The normalized spacial score (nSPS) is 19.9. The summed E-state index contributed by atoms with van der Waals surface area (Å²) in [6, 6.07) is 76.9. The minimum Gasteiger partial charge on any atom is -0.481 e. The van der Waals surface area contributed by atoms with E-state index in [1.807, 2.05) is 0 Å². The van der Waals surface area contributed by atoms with Gasteiger partial charge in [-0.25, -0.2) is 0 Å². The molecule has 0 radical (unpaired) electrons. The van der Waals surface area contributed by atoms with Gasteiger partial charge in [-0.15, -0.1) is 0 Å². The summed E-state index contributed by atoms with van der Waals surface area (Å²) in [6.45, 7) is 9.74. The zero-order valence-corrected chi connectivity index (χ0v) is 44.7. The number of hydrogen-bond acceptors (Lipinski definition) is 3. The Hall–Kier alpha value is -9.18. The molecule has 0 bridgehead atoms. The Morgan fingerprint density at radius 1 is 0.506 bits per heavy atom. The van der Waals surface area contributed by atoms with Gasteiger partial charge in [0.1, 0.15) is 22.5 Å². The summed E-state index contributed by atoms with van der Waals surface area (Å²) in [4.78, 5) is 2.53. The van der Waals surface area contributed by atoms with Crippen molar-refractivity contribution in [3.05, 3.63) is 281 Å². The third kappa shape index (κ3) is 5.97. The molecule has 1 saturated carbocycles. The fraction of sp³-hybridized carbons (Fsp3) is 0.132. The second-order valence-corrected chi connectivity index (χ2v) is 23.9. The molecule has 10 aromatic carbocycles. The van der Waals surface area contributed by atoms with Crippen molar-refractivity contribution in [3.8, 4) is 39.1 Å². The van der Waals surface area contributed by atoms with Gasteiger partial charge in [-0.3, -0.25) is 0 Å². The smallest absolute Gasteiger partial charge is 0.150 e. The lowest BCUT2D eigenvalue weighted by Gasteiger charge is -2.32. The van der Waals surface area contributed by atoms with Crippen LogP contribution in [0.1, 0.15) is 78.6 Å². The van der Waals surface area contributed by atoms with Crippen molar-refractivity contribution in [2.45, 2.75) is 62.4 Å². The van der Waals surface area contributed by atoms with Crippen LogP contribution in [0.25, 0.3) is 83.3 Å². The summed E-state index contributed by atoms with van der Waals surface area (Å²) in [7, 11) is 0. The second kappa shape index (κ2) is 15.7. The summed E-state index contributed by atoms with van der Waals surface area (Å²) in [5.74, 6) is 1.01. The fourth-order valence-electron chi connectivity index (χ4n) is 15.3. The van der Waals surface area contributed by atoms with E-state index in [0.29, 0.717) is 0 Å². The lowest BCUT2D eigenvalue weighted by atomic mass is 9.72. The summed E-state index contributed by atoms with van der Waals surface area (Å²) in [6.07, 6.45) is 13.2. The second-order valence-electron chi connectivity index (χ2n) is 23.9. The lowest BCUT2D eigenvalue weighted by Crippen LogP contribution is -2.31. The molecule has 1 aliphatic heterocycles. The van der Waals surface area contributed by atoms with E-state index in [9.17, 15) is 0 Å². The Bertz CT molecular complexity index is 4650. The van der Waals surface area contributed by atoms with Crippen LogP contribution < -0.4 is 9.64 Å². The van der Waals surface area contributed by atoms with Crippen LogP contribution in [0, 0.1) is 0 Å². The topological polar surface area (TPSA) is 25.6 Å². The molecule has 6 aliphatic rings. The SMILES string of the molecule is CC1(C)C2=C(c3ccc(N(c4ccc5c(c4)C(C)(C)c4cc(-c6ccc7ccccc7c6)c6oc7ccccc7c6c4-5)c4ccccc4-c4ccccc4)cc31)C13CC1(Oc1ccccc13)C(c1ccc3c(c1)C=CC=CC3)=C2. The zero-order valence-electron chi connectivity index (χ0n) is 44.7. The molecule has 3 nitrogen and oxygen atoms in total. The van der Waals surface area contributed by atoms with E-state index in [4.69, 9.17) is 9.15 Å². The van der Waals surface area contributed by atoms with Gasteiger partial charge in [0.2, 0.25) is 0 Å². The first-order valence-corrected chi connectivity index (χ1v) is 28.1. The number of rotatable bonds is 6. The van der Waals surface area contributed by atoms with Gasteiger partial charge in [0, 0.05) is 61.7 Å². The average Bonchev–Trinajstić information content (AvgIpc) is 1.84. The number of furan rings is 1.